The fraction of sp³-hybridized carbons (Fsp3) is 0.375. The van der Waals surface area contributed by atoms with Crippen LogP contribution in [-0.2, 0) is 32.6 Å². The van der Waals surface area contributed by atoms with E-state index in [-0.39, 0.29) is 30.6 Å². The number of anilines is 1. The highest BCUT2D eigenvalue weighted by molar-refractivity contribution is 9.10. The van der Waals surface area contributed by atoms with Gasteiger partial charge in [-0.25, -0.2) is 8.42 Å². The number of carbonyl (C=O) groups is 2. The Morgan fingerprint density at radius 3 is 2.29 bits per heavy atom. The van der Waals surface area contributed by atoms with Crippen LogP contribution in [-0.4, -0.2) is 57.1 Å². The predicted molar refractivity (Wildman–Crippen MR) is 169 cm³/mol. The average molecular weight is 657 g/mol. The number of hydrogen-bond acceptors (Lipinski definition) is 5. The Hall–Kier alpha value is -3.37. The second kappa shape index (κ2) is 14.2. The van der Waals surface area contributed by atoms with Crippen molar-refractivity contribution in [2.24, 2.45) is 0 Å². The van der Waals surface area contributed by atoms with Gasteiger partial charge in [0, 0.05) is 23.5 Å². The Morgan fingerprint density at radius 2 is 1.67 bits per heavy atom. The van der Waals surface area contributed by atoms with Crippen molar-refractivity contribution in [3.05, 3.63) is 94.0 Å². The third kappa shape index (κ3) is 8.35. The van der Waals surface area contributed by atoms with Crippen molar-refractivity contribution in [2.45, 2.75) is 57.7 Å². The smallest absolute Gasteiger partial charge is 0.244 e. The van der Waals surface area contributed by atoms with Crippen LogP contribution in [0.25, 0.3) is 0 Å². The number of sulfonamides is 1. The van der Waals surface area contributed by atoms with Gasteiger partial charge in [-0.2, -0.15) is 0 Å². The monoisotopic (exact) mass is 655 g/mol. The third-order valence-corrected chi connectivity index (χ3v) is 9.18. The van der Waals surface area contributed by atoms with Crippen LogP contribution in [0.4, 0.5) is 5.69 Å². The van der Waals surface area contributed by atoms with Gasteiger partial charge in [0.25, 0.3) is 0 Å². The highest BCUT2D eigenvalue weighted by Gasteiger charge is 2.34. The van der Waals surface area contributed by atoms with Crippen molar-refractivity contribution >= 4 is 43.5 Å². The van der Waals surface area contributed by atoms with Crippen molar-refractivity contribution in [3.63, 3.8) is 0 Å². The normalized spacial score (nSPS) is 14.3. The molecule has 4 rings (SSSR count). The lowest BCUT2D eigenvalue weighted by molar-refractivity contribution is -0.140. The van der Waals surface area contributed by atoms with Gasteiger partial charge in [-0.15, -0.1) is 0 Å². The first-order chi connectivity index (χ1) is 20.0. The molecule has 1 atom stereocenters. The molecule has 1 N–H and O–H groups in total. The summed E-state index contributed by atoms with van der Waals surface area (Å²) < 4.78 is 33.6. The van der Waals surface area contributed by atoms with Gasteiger partial charge >= 0.3 is 0 Å². The zero-order valence-electron chi connectivity index (χ0n) is 24.3. The number of carbonyl (C=O) groups excluding carboxylic acids is 2. The molecule has 0 aliphatic heterocycles. The topological polar surface area (TPSA) is 96.0 Å². The minimum Gasteiger partial charge on any atom is -0.495 e. The Morgan fingerprint density at radius 1 is 1.00 bits per heavy atom. The summed E-state index contributed by atoms with van der Waals surface area (Å²) in [5.41, 5.74) is 2.80. The largest absolute Gasteiger partial charge is 0.495 e. The van der Waals surface area contributed by atoms with Crippen molar-refractivity contribution in [2.75, 3.05) is 24.2 Å². The molecule has 0 unspecified atom stereocenters. The molecule has 8 nitrogen and oxygen atoms in total. The minimum absolute atomic E-state index is 0.0597. The van der Waals surface area contributed by atoms with Gasteiger partial charge in [0.2, 0.25) is 21.8 Å². The molecule has 0 heterocycles. The maximum absolute atomic E-state index is 14.3. The summed E-state index contributed by atoms with van der Waals surface area (Å²) in [6.07, 6.45) is 5.26. The van der Waals surface area contributed by atoms with Gasteiger partial charge in [-0.05, 0) is 60.7 Å². The quantitative estimate of drug-likeness (QED) is 0.288. The number of benzene rings is 3. The van der Waals surface area contributed by atoms with Gasteiger partial charge < -0.3 is 15.0 Å². The van der Waals surface area contributed by atoms with Gasteiger partial charge in [0.05, 0.1) is 19.1 Å². The molecule has 3 aromatic rings. The summed E-state index contributed by atoms with van der Waals surface area (Å²) in [6, 6.07) is 21.5. The van der Waals surface area contributed by atoms with Crippen molar-refractivity contribution < 1.29 is 22.7 Å². The maximum Gasteiger partial charge on any atom is 0.244 e. The van der Waals surface area contributed by atoms with E-state index in [1.165, 1.54) is 12.0 Å². The zero-order chi connectivity index (χ0) is 30.3. The molecule has 0 spiro atoms. The number of hydrogen-bond donors (Lipinski definition) is 1. The maximum atomic E-state index is 14.3. The lowest BCUT2D eigenvalue weighted by atomic mass is 10.0. The predicted octanol–water partition coefficient (Wildman–Crippen LogP) is 5.23. The highest BCUT2D eigenvalue weighted by atomic mass is 79.9. The van der Waals surface area contributed by atoms with Gasteiger partial charge in [0.1, 0.15) is 18.3 Å². The van der Waals surface area contributed by atoms with E-state index in [0.717, 1.165) is 57.4 Å². The molecule has 2 amide bonds. The molecule has 42 heavy (non-hydrogen) atoms. The van der Waals surface area contributed by atoms with Crippen molar-refractivity contribution in [1.82, 2.24) is 10.2 Å². The fourth-order valence-corrected chi connectivity index (χ4v) is 6.41. The molecule has 1 fully saturated rings. The Balaban J connectivity index is 1.75. The molecule has 3 aromatic carbocycles. The first-order valence-electron chi connectivity index (χ1n) is 14.1. The lowest BCUT2D eigenvalue weighted by Gasteiger charge is -2.34. The number of ether oxygens (including phenoxy) is 1. The SMILES string of the molecule is COc1ccc(C)cc1N(CC(=O)N(Cc1ccc(Br)cc1)[C@H](Cc1ccccc1)C(=O)NC1CCCC1)S(C)(=O)=O. The molecule has 0 saturated heterocycles. The number of nitrogens with one attached hydrogen (secondary N) is 1. The van der Waals surface area contributed by atoms with Crippen molar-refractivity contribution in [1.29, 1.82) is 0 Å². The number of methoxy groups -OCH3 is 1. The summed E-state index contributed by atoms with van der Waals surface area (Å²) in [5.74, 6) is -0.400. The Labute approximate surface area is 257 Å². The fourth-order valence-electron chi connectivity index (χ4n) is 5.30. The number of aryl methyl sites for hydroxylation is 1. The van der Waals surface area contributed by atoms with Crippen LogP contribution in [0.1, 0.15) is 42.4 Å². The van der Waals surface area contributed by atoms with Crippen LogP contribution >= 0.6 is 15.9 Å². The second-order valence-corrected chi connectivity index (χ2v) is 13.6. The molecule has 0 radical (unpaired) electrons. The average Bonchev–Trinajstić information content (AvgIpc) is 3.47. The van der Waals surface area contributed by atoms with Crippen LogP contribution in [0, 0.1) is 6.92 Å². The van der Waals surface area contributed by atoms with Crippen LogP contribution in [0.2, 0.25) is 0 Å². The van der Waals surface area contributed by atoms with E-state index in [9.17, 15) is 18.0 Å². The summed E-state index contributed by atoms with van der Waals surface area (Å²) in [6.45, 7) is 1.48. The molecular formula is C32H38BrN3O5S. The van der Waals surface area contributed by atoms with Crippen molar-refractivity contribution in [3.8, 4) is 5.75 Å². The van der Waals surface area contributed by atoms with E-state index in [1.807, 2.05) is 67.6 Å². The molecule has 1 aliphatic rings. The number of nitrogens with zero attached hydrogens (tertiary/aromatic N) is 2. The first kappa shape index (κ1) is 31.6. The van der Waals surface area contributed by atoms with E-state index >= 15 is 0 Å². The molecule has 0 aromatic heterocycles. The number of amides is 2. The van der Waals surface area contributed by atoms with Crippen LogP contribution < -0.4 is 14.4 Å². The molecule has 10 heteroatoms. The van der Waals surface area contributed by atoms with Gasteiger partial charge in [-0.3, -0.25) is 13.9 Å². The Bertz CT molecular complexity index is 1480. The van der Waals surface area contributed by atoms with Gasteiger partial charge in [0.15, 0.2) is 0 Å². The molecule has 1 aliphatic carbocycles. The van der Waals surface area contributed by atoms with E-state index in [2.05, 4.69) is 21.2 Å². The zero-order valence-corrected chi connectivity index (χ0v) is 26.7. The molecule has 1 saturated carbocycles. The summed E-state index contributed by atoms with van der Waals surface area (Å²) in [4.78, 5) is 29.7. The van der Waals surface area contributed by atoms with E-state index in [1.54, 1.807) is 12.1 Å². The molecule has 0 bridgehead atoms. The summed E-state index contributed by atoms with van der Waals surface area (Å²) in [5, 5.41) is 3.18. The standard InChI is InChI=1S/C32H38BrN3O5S/c1-23-13-18-30(41-2)28(19-23)36(42(3,39)40)22-31(37)35(21-25-14-16-26(33)17-15-25)29(20-24-9-5-4-6-10-24)32(38)34-27-11-7-8-12-27/h4-6,9-10,13-19,27,29H,7-8,11-12,20-22H2,1-3H3,(H,34,38)/t29-/m1/s1. The minimum atomic E-state index is -3.90. The molecule has 224 valence electrons. The number of rotatable bonds is 12. The van der Waals surface area contributed by atoms with Crippen LogP contribution in [0.3, 0.4) is 0 Å². The first-order valence-corrected chi connectivity index (χ1v) is 16.7. The molecular weight excluding hydrogens is 618 g/mol. The van der Waals surface area contributed by atoms with E-state index in [4.69, 9.17) is 4.74 Å². The number of halogens is 1. The summed E-state index contributed by atoms with van der Waals surface area (Å²) >= 11 is 3.46. The second-order valence-electron chi connectivity index (χ2n) is 10.8. The van der Waals surface area contributed by atoms with E-state index in [0.29, 0.717) is 5.75 Å². The van der Waals surface area contributed by atoms with Crippen LogP contribution in [0.5, 0.6) is 5.75 Å². The van der Waals surface area contributed by atoms with Gasteiger partial charge in [-0.1, -0.05) is 77.3 Å². The van der Waals surface area contributed by atoms with E-state index < -0.39 is 28.5 Å². The highest BCUT2D eigenvalue weighted by Crippen LogP contribution is 2.31. The van der Waals surface area contributed by atoms with Crippen LogP contribution in [0.15, 0.2) is 77.3 Å². The summed E-state index contributed by atoms with van der Waals surface area (Å²) in [7, 11) is -2.44. The Kier molecular flexibility index (Phi) is 10.7. The third-order valence-electron chi connectivity index (χ3n) is 7.52. The lowest BCUT2D eigenvalue weighted by Crippen LogP contribution is -2.54.